The van der Waals surface area contributed by atoms with E-state index in [4.69, 9.17) is 11.6 Å². The van der Waals surface area contributed by atoms with Crippen LogP contribution in [-0.4, -0.2) is 28.3 Å². The van der Waals surface area contributed by atoms with Crippen molar-refractivity contribution in [1.82, 2.24) is 4.98 Å². The van der Waals surface area contributed by atoms with E-state index < -0.39 is 11.7 Å². The number of carbonyl (C=O) groups is 1. The molecule has 0 unspecified atom stereocenters. The number of aliphatic hydroxyl groups is 1. The summed E-state index contributed by atoms with van der Waals surface area (Å²) in [6, 6.07) is 11.3. The van der Waals surface area contributed by atoms with Crippen LogP contribution < -0.4 is 4.90 Å². The Morgan fingerprint density at radius 3 is 2.83 bits per heavy atom. The summed E-state index contributed by atoms with van der Waals surface area (Å²) in [4.78, 5) is 21.8. The summed E-state index contributed by atoms with van der Waals surface area (Å²) in [5.41, 5.74) is 1.90. The quantitative estimate of drug-likeness (QED) is 0.589. The van der Waals surface area contributed by atoms with Crippen molar-refractivity contribution >= 4 is 34.7 Å². The van der Waals surface area contributed by atoms with Crippen molar-refractivity contribution < 1.29 is 14.3 Å². The van der Waals surface area contributed by atoms with E-state index in [1.54, 1.807) is 35.2 Å². The average molecular weight is 421 g/mol. The molecule has 2 heterocycles. The number of aliphatic imine (C=N–C) groups is 1. The van der Waals surface area contributed by atoms with Crippen molar-refractivity contribution in [3.8, 4) is 6.07 Å². The first-order valence-electron chi connectivity index (χ1n) is 8.97. The van der Waals surface area contributed by atoms with Crippen LogP contribution in [0.2, 0.25) is 5.02 Å². The van der Waals surface area contributed by atoms with Crippen LogP contribution in [0.1, 0.15) is 17.7 Å². The van der Waals surface area contributed by atoms with Crippen LogP contribution in [0.4, 0.5) is 10.1 Å². The molecule has 0 atom stereocenters. The molecule has 0 saturated heterocycles. The third-order valence-electron chi connectivity index (χ3n) is 4.67. The largest absolute Gasteiger partial charge is 0.505 e. The normalized spacial score (nSPS) is 16.3. The number of anilines is 1. The van der Waals surface area contributed by atoms with Crippen LogP contribution in [0.25, 0.3) is 5.76 Å². The van der Waals surface area contributed by atoms with E-state index in [1.165, 1.54) is 18.2 Å². The van der Waals surface area contributed by atoms with Crippen LogP contribution in [0.15, 0.2) is 70.9 Å². The number of ketones is 1. The van der Waals surface area contributed by atoms with Crippen LogP contribution in [0, 0.1) is 17.3 Å². The lowest BCUT2D eigenvalue weighted by molar-refractivity contribution is -0.114. The van der Waals surface area contributed by atoms with E-state index in [0.717, 1.165) is 11.6 Å². The van der Waals surface area contributed by atoms with Crippen molar-refractivity contribution in [2.24, 2.45) is 4.99 Å². The first kappa shape index (κ1) is 19.6. The second-order valence-electron chi connectivity index (χ2n) is 6.64. The Morgan fingerprint density at radius 2 is 2.07 bits per heavy atom. The zero-order valence-electron chi connectivity index (χ0n) is 15.5. The molecule has 8 heteroatoms. The SMILES string of the molecule is N#Cc1ccc(F)nc1C(O)=CC1=NC2=C(CC(=O)C=C2)CN1c1ccccc1Cl. The number of hydrogen-bond acceptors (Lipinski definition) is 6. The van der Waals surface area contributed by atoms with E-state index >= 15 is 0 Å². The molecule has 0 bridgehead atoms. The number of aliphatic hydroxyl groups excluding tert-OH is 1. The molecule has 148 valence electrons. The molecule has 6 nitrogen and oxygen atoms in total. The van der Waals surface area contributed by atoms with Crippen LogP contribution in [0.3, 0.4) is 0 Å². The number of amidine groups is 1. The van der Waals surface area contributed by atoms with Gasteiger partial charge in [-0.1, -0.05) is 23.7 Å². The Hall–Kier alpha value is -3.76. The summed E-state index contributed by atoms with van der Waals surface area (Å²) in [7, 11) is 0. The van der Waals surface area contributed by atoms with E-state index in [-0.39, 0.29) is 23.5 Å². The molecule has 4 rings (SSSR count). The summed E-state index contributed by atoms with van der Waals surface area (Å²) >= 11 is 6.37. The highest BCUT2D eigenvalue weighted by Gasteiger charge is 2.26. The molecule has 0 amide bonds. The van der Waals surface area contributed by atoms with Gasteiger partial charge in [0.1, 0.15) is 23.4 Å². The predicted octanol–water partition coefficient (Wildman–Crippen LogP) is 4.35. The minimum atomic E-state index is -0.823. The van der Waals surface area contributed by atoms with Crippen molar-refractivity contribution in [2.75, 3.05) is 11.4 Å². The van der Waals surface area contributed by atoms with E-state index in [9.17, 15) is 19.6 Å². The van der Waals surface area contributed by atoms with Crippen LogP contribution >= 0.6 is 11.6 Å². The predicted molar refractivity (Wildman–Crippen MR) is 112 cm³/mol. The summed E-state index contributed by atoms with van der Waals surface area (Å²) in [5.74, 6) is -0.946. The van der Waals surface area contributed by atoms with Gasteiger partial charge < -0.3 is 10.0 Å². The Balaban J connectivity index is 1.84. The number of hydrogen-bond donors (Lipinski definition) is 1. The highest BCUT2D eigenvalue weighted by Crippen LogP contribution is 2.32. The molecule has 2 aromatic rings. The zero-order chi connectivity index (χ0) is 21.3. The molecular weight excluding hydrogens is 407 g/mol. The van der Waals surface area contributed by atoms with Gasteiger partial charge in [-0.25, -0.2) is 9.98 Å². The van der Waals surface area contributed by atoms with Crippen LogP contribution in [0.5, 0.6) is 0 Å². The molecular formula is C22H14ClFN4O2. The Kier molecular flexibility index (Phi) is 5.17. The van der Waals surface area contributed by atoms with E-state index in [2.05, 4.69) is 9.98 Å². The number of pyridine rings is 1. The molecule has 1 aliphatic heterocycles. The molecule has 0 saturated carbocycles. The Morgan fingerprint density at radius 1 is 1.27 bits per heavy atom. The Labute approximate surface area is 176 Å². The van der Waals surface area contributed by atoms with Gasteiger partial charge in [-0.15, -0.1) is 0 Å². The number of aromatic nitrogens is 1. The lowest BCUT2D eigenvalue weighted by atomic mass is 9.98. The second kappa shape index (κ2) is 7.93. The van der Waals surface area contributed by atoms with Crippen molar-refractivity contribution in [1.29, 1.82) is 5.26 Å². The average Bonchev–Trinajstić information content (AvgIpc) is 2.74. The van der Waals surface area contributed by atoms with Gasteiger partial charge in [0.2, 0.25) is 5.95 Å². The van der Waals surface area contributed by atoms with E-state index in [0.29, 0.717) is 28.8 Å². The first-order valence-corrected chi connectivity index (χ1v) is 9.35. The Bertz CT molecular complexity index is 1220. The first-order chi connectivity index (χ1) is 14.5. The smallest absolute Gasteiger partial charge is 0.213 e. The van der Waals surface area contributed by atoms with Gasteiger partial charge in [0.15, 0.2) is 5.78 Å². The molecule has 1 aromatic heterocycles. The van der Waals surface area contributed by atoms with Gasteiger partial charge >= 0.3 is 0 Å². The lowest BCUT2D eigenvalue weighted by Gasteiger charge is -2.31. The number of carbonyl (C=O) groups excluding carboxylic acids is 1. The summed E-state index contributed by atoms with van der Waals surface area (Å²) < 4.78 is 13.6. The highest BCUT2D eigenvalue weighted by atomic mass is 35.5. The molecule has 1 N–H and O–H groups in total. The van der Waals surface area contributed by atoms with Gasteiger partial charge in [-0.2, -0.15) is 9.65 Å². The van der Waals surface area contributed by atoms with Gasteiger partial charge in [0, 0.05) is 19.0 Å². The molecule has 30 heavy (non-hydrogen) atoms. The van der Waals surface area contributed by atoms with Gasteiger partial charge in [-0.05, 0) is 42.0 Å². The van der Waals surface area contributed by atoms with Gasteiger partial charge in [0.05, 0.1) is 22.0 Å². The fourth-order valence-electron chi connectivity index (χ4n) is 3.26. The monoisotopic (exact) mass is 420 g/mol. The number of benzene rings is 1. The fourth-order valence-corrected chi connectivity index (χ4v) is 3.50. The minimum Gasteiger partial charge on any atom is -0.505 e. The molecule has 1 aromatic carbocycles. The summed E-state index contributed by atoms with van der Waals surface area (Å²) in [5, 5.41) is 20.3. The molecule has 0 spiro atoms. The number of halogens is 2. The van der Waals surface area contributed by atoms with Crippen molar-refractivity contribution in [3.63, 3.8) is 0 Å². The lowest BCUT2D eigenvalue weighted by Crippen LogP contribution is -2.36. The van der Waals surface area contributed by atoms with Crippen molar-refractivity contribution in [2.45, 2.75) is 6.42 Å². The third kappa shape index (κ3) is 3.73. The number of rotatable bonds is 3. The topological polar surface area (TPSA) is 89.6 Å². The maximum absolute atomic E-state index is 13.6. The number of para-hydroxylation sites is 1. The highest BCUT2D eigenvalue weighted by molar-refractivity contribution is 6.34. The zero-order valence-corrected chi connectivity index (χ0v) is 16.3. The van der Waals surface area contributed by atoms with E-state index in [1.807, 2.05) is 6.07 Å². The fraction of sp³-hybridized carbons (Fsp3) is 0.0909. The minimum absolute atomic E-state index is 0.0208. The van der Waals surface area contributed by atoms with Gasteiger partial charge in [-0.3, -0.25) is 4.79 Å². The summed E-state index contributed by atoms with van der Waals surface area (Å²) in [6.45, 7) is 0.333. The molecule has 0 fully saturated rings. The molecule has 0 radical (unpaired) electrons. The van der Waals surface area contributed by atoms with Gasteiger partial charge in [0.25, 0.3) is 0 Å². The van der Waals surface area contributed by atoms with Crippen molar-refractivity contribution in [3.05, 3.63) is 88.1 Å². The number of allylic oxidation sites excluding steroid dienone is 2. The summed E-state index contributed by atoms with van der Waals surface area (Å²) in [6.07, 6.45) is 4.62. The maximum atomic E-state index is 13.6. The third-order valence-corrected chi connectivity index (χ3v) is 4.99. The standard InChI is InChI=1S/C22H14ClFN4O2/c23-16-3-1-2-4-18(16)28-12-14-9-15(29)6-7-17(14)26-21(28)10-19(30)22-13(11-25)5-8-20(24)27-22/h1-8,10,30H,9,12H2. The second-order valence-corrected chi connectivity index (χ2v) is 7.05. The molecule has 2 aliphatic rings. The number of nitrogens with zero attached hydrogens (tertiary/aromatic N) is 4. The maximum Gasteiger partial charge on any atom is 0.213 e. The van der Waals surface area contributed by atoms with Crippen LogP contribution in [-0.2, 0) is 4.79 Å². The number of nitriles is 1. The molecule has 1 aliphatic carbocycles.